The Morgan fingerprint density at radius 2 is 1.56 bits per heavy atom. The molecule has 3 aromatic rings. The first-order chi connectivity index (χ1) is 16.1. The van der Waals surface area contributed by atoms with E-state index < -0.39 is 44.2 Å². The Balaban J connectivity index is 1.91. The molecule has 0 aromatic heterocycles. The predicted octanol–water partition coefficient (Wildman–Crippen LogP) is 4.25. The number of aryl methyl sites for hydroxylation is 1. The van der Waals surface area contributed by atoms with Gasteiger partial charge in [0, 0.05) is 5.69 Å². The maximum absolute atomic E-state index is 13.6. The summed E-state index contributed by atoms with van der Waals surface area (Å²) in [5.41, 5.74) is 1.57. The number of anilines is 1. The largest absolute Gasteiger partial charge is 0.502 e. The van der Waals surface area contributed by atoms with E-state index >= 15 is 0 Å². The van der Waals surface area contributed by atoms with E-state index in [-0.39, 0.29) is 16.1 Å². The van der Waals surface area contributed by atoms with Crippen molar-refractivity contribution in [3.05, 3.63) is 106 Å². The van der Waals surface area contributed by atoms with Crippen LogP contribution in [0.15, 0.2) is 88.4 Å². The lowest BCUT2D eigenvalue weighted by Crippen LogP contribution is -2.31. The van der Waals surface area contributed by atoms with Gasteiger partial charge in [0.2, 0.25) is 9.84 Å². The second-order valence-corrected chi connectivity index (χ2v) is 9.62. The normalized spacial score (nSPS) is 16.1. The first-order valence-electron chi connectivity index (χ1n) is 10.2. The number of sulfone groups is 1. The highest BCUT2D eigenvalue weighted by atomic mass is 32.2. The number of benzene rings is 3. The SMILES string of the molecule is COC(=O)c1ccc([C@H]2C(S(=O)(=O)c3ccc(C)cc3)=C(O)C(=O)N2c2ccc(F)cc2)cc1. The van der Waals surface area contributed by atoms with Crippen molar-refractivity contribution >= 4 is 27.4 Å². The summed E-state index contributed by atoms with van der Waals surface area (Å²) in [6.07, 6.45) is 0. The summed E-state index contributed by atoms with van der Waals surface area (Å²) in [6, 6.07) is 15.5. The summed E-state index contributed by atoms with van der Waals surface area (Å²) in [4.78, 5) is 25.5. The lowest BCUT2D eigenvalue weighted by molar-refractivity contribution is -0.117. The fourth-order valence-corrected chi connectivity index (χ4v) is 5.42. The number of nitrogens with zero attached hydrogens (tertiary/aromatic N) is 1. The van der Waals surface area contributed by atoms with E-state index in [1.54, 1.807) is 19.1 Å². The van der Waals surface area contributed by atoms with E-state index in [1.165, 1.54) is 55.6 Å². The lowest BCUT2D eigenvalue weighted by Gasteiger charge is -2.27. The Labute approximate surface area is 195 Å². The molecule has 7 nitrogen and oxygen atoms in total. The van der Waals surface area contributed by atoms with Crippen LogP contribution in [0.3, 0.4) is 0 Å². The van der Waals surface area contributed by atoms with Crippen molar-refractivity contribution < 1.29 is 32.2 Å². The van der Waals surface area contributed by atoms with Gasteiger partial charge in [-0.1, -0.05) is 29.8 Å². The third-order valence-electron chi connectivity index (χ3n) is 5.53. The van der Waals surface area contributed by atoms with Crippen LogP contribution in [0.25, 0.3) is 0 Å². The van der Waals surface area contributed by atoms with E-state index in [0.717, 1.165) is 22.6 Å². The summed E-state index contributed by atoms with van der Waals surface area (Å²) in [5, 5.41) is 10.8. The van der Waals surface area contributed by atoms with Crippen molar-refractivity contribution in [3.63, 3.8) is 0 Å². The number of esters is 1. The molecule has 1 heterocycles. The molecule has 1 N–H and O–H groups in total. The quantitative estimate of drug-likeness (QED) is 0.547. The number of aliphatic hydroxyl groups is 1. The summed E-state index contributed by atoms with van der Waals surface area (Å²) in [6.45, 7) is 1.80. The van der Waals surface area contributed by atoms with Gasteiger partial charge >= 0.3 is 5.97 Å². The summed E-state index contributed by atoms with van der Waals surface area (Å²) in [7, 11) is -3.08. The van der Waals surface area contributed by atoms with Gasteiger partial charge in [0.1, 0.15) is 16.8 Å². The summed E-state index contributed by atoms with van der Waals surface area (Å²) in [5.74, 6) is -3.00. The van der Waals surface area contributed by atoms with E-state index in [9.17, 15) is 27.5 Å². The first kappa shape index (κ1) is 23.2. The Bertz CT molecular complexity index is 1400. The van der Waals surface area contributed by atoms with Crippen LogP contribution >= 0.6 is 0 Å². The van der Waals surface area contributed by atoms with E-state index in [1.807, 2.05) is 0 Å². The number of carbonyl (C=O) groups is 2. The van der Waals surface area contributed by atoms with Gasteiger partial charge in [-0.05, 0) is 61.0 Å². The van der Waals surface area contributed by atoms with Crippen LogP contribution in [-0.2, 0) is 19.4 Å². The number of ether oxygens (including phenoxy) is 1. The minimum Gasteiger partial charge on any atom is -0.502 e. The molecule has 0 saturated heterocycles. The maximum Gasteiger partial charge on any atom is 0.337 e. The number of aliphatic hydroxyl groups excluding tert-OH is 1. The van der Waals surface area contributed by atoms with Crippen LogP contribution < -0.4 is 4.90 Å². The second kappa shape index (κ2) is 8.75. The molecule has 0 saturated carbocycles. The number of methoxy groups -OCH3 is 1. The number of carbonyl (C=O) groups excluding carboxylic acids is 2. The van der Waals surface area contributed by atoms with Gasteiger partial charge in [0.25, 0.3) is 5.91 Å². The molecule has 1 aliphatic heterocycles. The molecule has 9 heteroatoms. The van der Waals surface area contributed by atoms with E-state index in [4.69, 9.17) is 4.74 Å². The predicted molar refractivity (Wildman–Crippen MR) is 122 cm³/mol. The molecule has 1 atom stereocenters. The molecule has 0 spiro atoms. The fraction of sp³-hybridized carbons (Fsp3) is 0.120. The van der Waals surface area contributed by atoms with Crippen molar-refractivity contribution in [2.75, 3.05) is 12.0 Å². The Hall–Kier alpha value is -3.98. The first-order valence-corrected chi connectivity index (χ1v) is 11.7. The maximum atomic E-state index is 13.6. The number of rotatable bonds is 5. The van der Waals surface area contributed by atoms with Crippen LogP contribution in [0, 0.1) is 12.7 Å². The monoisotopic (exact) mass is 481 g/mol. The van der Waals surface area contributed by atoms with Gasteiger partial charge in [0.05, 0.1) is 17.6 Å². The molecule has 34 heavy (non-hydrogen) atoms. The van der Waals surface area contributed by atoms with Gasteiger partial charge < -0.3 is 9.84 Å². The molecule has 0 radical (unpaired) electrons. The zero-order chi connectivity index (χ0) is 24.6. The molecule has 3 aromatic carbocycles. The van der Waals surface area contributed by atoms with Gasteiger partial charge in [-0.2, -0.15) is 0 Å². The number of hydrogen-bond donors (Lipinski definition) is 1. The average molecular weight is 482 g/mol. The number of amides is 1. The summed E-state index contributed by atoms with van der Waals surface area (Å²) >= 11 is 0. The fourth-order valence-electron chi connectivity index (χ4n) is 3.79. The molecular weight excluding hydrogens is 461 g/mol. The molecule has 0 aliphatic carbocycles. The van der Waals surface area contributed by atoms with Crippen LogP contribution in [-0.4, -0.2) is 32.5 Å². The molecule has 0 unspecified atom stereocenters. The molecule has 174 valence electrons. The van der Waals surface area contributed by atoms with E-state index in [0.29, 0.717) is 5.56 Å². The molecule has 0 fully saturated rings. The molecular formula is C25H20FNO6S. The van der Waals surface area contributed by atoms with Gasteiger partial charge in [-0.15, -0.1) is 0 Å². The zero-order valence-corrected chi connectivity index (χ0v) is 19.0. The van der Waals surface area contributed by atoms with E-state index in [2.05, 4.69) is 0 Å². The highest BCUT2D eigenvalue weighted by Gasteiger charge is 2.47. The minimum absolute atomic E-state index is 0.0930. The van der Waals surface area contributed by atoms with Crippen LogP contribution in [0.4, 0.5) is 10.1 Å². The molecule has 0 bridgehead atoms. The van der Waals surface area contributed by atoms with Gasteiger partial charge in [-0.3, -0.25) is 9.69 Å². The van der Waals surface area contributed by atoms with Crippen LogP contribution in [0.5, 0.6) is 0 Å². The third kappa shape index (κ3) is 3.94. The highest BCUT2D eigenvalue weighted by Crippen LogP contribution is 2.44. The smallest absolute Gasteiger partial charge is 0.337 e. The standard InChI is InChI=1S/C25H20FNO6S/c1-15-3-13-20(14-4-15)34(31,32)23-21(16-5-7-17(8-6-16)25(30)33-2)27(24(29)22(23)28)19-11-9-18(26)10-12-19/h3-14,21,28H,1-2H3/t21-/m0/s1. The van der Waals surface area contributed by atoms with Crippen molar-refractivity contribution in [3.8, 4) is 0 Å². The van der Waals surface area contributed by atoms with Crippen LogP contribution in [0.1, 0.15) is 27.5 Å². The third-order valence-corrected chi connectivity index (χ3v) is 7.42. The molecule has 1 aliphatic rings. The second-order valence-electron chi connectivity index (χ2n) is 7.70. The topological polar surface area (TPSA) is 101 Å². The summed E-state index contributed by atoms with van der Waals surface area (Å²) < 4.78 is 45.4. The Morgan fingerprint density at radius 3 is 2.12 bits per heavy atom. The van der Waals surface area contributed by atoms with Crippen LogP contribution in [0.2, 0.25) is 0 Å². The van der Waals surface area contributed by atoms with Crippen molar-refractivity contribution in [2.45, 2.75) is 17.9 Å². The average Bonchev–Trinajstić information content (AvgIpc) is 3.10. The number of hydrogen-bond acceptors (Lipinski definition) is 6. The van der Waals surface area contributed by atoms with Crippen molar-refractivity contribution in [1.82, 2.24) is 0 Å². The van der Waals surface area contributed by atoms with Crippen molar-refractivity contribution in [1.29, 1.82) is 0 Å². The molecule has 4 rings (SSSR count). The zero-order valence-electron chi connectivity index (χ0n) is 18.2. The Kier molecular flexibility index (Phi) is 5.97. The number of halogens is 1. The molecule has 1 amide bonds. The van der Waals surface area contributed by atoms with Gasteiger partial charge in [-0.25, -0.2) is 17.6 Å². The van der Waals surface area contributed by atoms with Crippen molar-refractivity contribution in [2.24, 2.45) is 0 Å². The highest BCUT2D eigenvalue weighted by molar-refractivity contribution is 7.95. The minimum atomic E-state index is -4.31. The Morgan fingerprint density at radius 1 is 0.971 bits per heavy atom. The van der Waals surface area contributed by atoms with Gasteiger partial charge in [0.15, 0.2) is 5.76 Å². The lowest BCUT2D eigenvalue weighted by atomic mass is 10.0.